The minimum Gasteiger partial charge on any atom is -0.478 e. The van der Waals surface area contributed by atoms with Crippen molar-refractivity contribution in [2.24, 2.45) is 4.99 Å². The van der Waals surface area contributed by atoms with E-state index in [4.69, 9.17) is 5.11 Å². The van der Waals surface area contributed by atoms with Crippen LogP contribution < -0.4 is 10.6 Å². The van der Waals surface area contributed by atoms with Crippen molar-refractivity contribution in [2.45, 2.75) is 0 Å². The van der Waals surface area contributed by atoms with Gasteiger partial charge in [-0.15, -0.1) is 0 Å². The van der Waals surface area contributed by atoms with Crippen LogP contribution in [0.1, 0.15) is 10.4 Å². The third-order valence-electron chi connectivity index (χ3n) is 1.87. The highest BCUT2D eigenvalue weighted by Gasteiger charge is 2.09. The molecular formula is C10H13N3O2. The molecule has 0 fully saturated rings. The fraction of sp³-hybridized carbons (Fsp3) is 0.200. The van der Waals surface area contributed by atoms with Crippen LogP contribution in [-0.2, 0) is 0 Å². The van der Waals surface area contributed by atoms with Gasteiger partial charge in [-0.1, -0.05) is 12.1 Å². The van der Waals surface area contributed by atoms with Gasteiger partial charge in [0.15, 0.2) is 5.96 Å². The molecule has 0 atom stereocenters. The van der Waals surface area contributed by atoms with E-state index in [-0.39, 0.29) is 5.56 Å². The number of carboxylic acids is 1. The Morgan fingerprint density at radius 1 is 1.40 bits per heavy atom. The number of guanidine groups is 1. The predicted octanol–water partition coefficient (Wildman–Crippen LogP) is 1.00. The number of anilines is 1. The number of nitrogens with zero attached hydrogens (tertiary/aromatic N) is 1. The number of para-hydroxylation sites is 1. The smallest absolute Gasteiger partial charge is 0.337 e. The highest BCUT2D eigenvalue weighted by Crippen LogP contribution is 2.14. The number of carboxylic acid groups (broad SMARTS) is 1. The van der Waals surface area contributed by atoms with Crippen molar-refractivity contribution >= 4 is 17.6 Å². The number of aromatic carboxylic acids is 1. The second-order valence-electron chi connectivity index (χ2n) is 2.80. The summed E-state index contributed by atoms with van der Waals surface area (Å²) in [6, 6.07) is 6.66. The fourth-order valence-corrected chi connectivity index (χ4v) is 1.14. The number of benzene rings is 1. The van der Waals surface area contributed by atoms with Crippen molar-refractivity contribution < 1.29 is 9.90 Å². The van der Waals surface area contributed by atoms with Crippen LogP contribution in [0.2, 0.25) is 0 Å². The van der Waals surface area contributed by atoms with Gasteiger partial charge in [-0.25, -0.2) is 4.79 Å². The van der Waals surface area contributed by atoms with Crippen LogP contribution in [0, 0.1) is 0 Å². The maximum atomic E-state index is 10.9. The van der Waals surface area contributed by atoms with E-state index in [2.05, 4.69) is 15.6 Å². The van der Waals surface area contributed by atoms with Gasteiger partial charge in [0, 0.05) is 14.1 Å². The molecule has 0 aromatic heterocycles. The maximum Gasteiger partial charge on any atom is 0.337 e. The Hall–Kier alpha value is -2.04. The zero-order valence-corrected chi connectivity index (χ0v) is 8.61. The first kappa shape index (κ1) is 11.0. The van der Waals surface area contributed by atoms with E-state index in [9.17, 15) is 4.79 Å². The summed E-state index contributed by atoms with van der Waals surface area (Å²) in [5.41, 5.74) is 0.730. The second-order valence-corrected chi connectivity index (χ2v) is 2.80. The van der Waals surface area contributed by atoms with Gasteiger partial charge in [-0.3, -0.25) is 4.99 Å². The lowest BCUT2D eigenvalue weighted by Crippen LogP contribution is -2.27. The highest BCUT2D eigenvalue weighted by molar-refractivity contribution is 6.01. The normalized spacial score (nSPS) is 10.9. The molecule has 0 aliphatic rings. The molecule has 0 heterocycles. The molecule has 80 valence electrons. The van der Waals surface area contributed by atoms with Gasteiger partial charge in [0.05, 0.1) is 11.3 Å². The molecule has 1 aromatic carbocycles. The SMILES string of the molecule is CN=C(NC)Nc1ccccc1C(=O)O. The molecular weight excluding hydrogens is 194 g/mol. The summed E-state index contributed by atoms with van der Waals surface area (Å²) >= 11 is 0. The molecule has 0 saturated carbocycles. The van der Waals surface area contributed by atoms with Crippen LogP contribution in [0.4, 0.5) is 5.69 Å². The lowest BCUT2D eigenvalue weighted by molar-refractivity contribution is 0.0698. The molecule has 0 aliphatic carbocycles. The molecule has 5 heteroatoms. The Balaban J connectivity index is 2.99. The van der Waals surface area contributed by atoms with Crippen LogP contribution in [0.5, 0.6) is 0 Å². The summed E-state index contributed by atoms with van der Waals surface area (Å²) in [6.07, 6.45) is 0. The quantitative estimate of drug-likeness (QED) is 0.499. The summed E-state index contributed by atoms with van der Waals surface area (Å²) in [4.78, 5) is 14.8. The number of carbonyl (C=O) groups is 1. The molecule has 0 bridgehead atoms. The number of hydrogen-bond donors (Lipinski definition) is 3. The van der Waals surface area contributed by atoms with Crippen molar-refractivity contribution in [2.75, 3.05) is 19.4 Å². The lowest BCUT2D eigenvalue weighted by atomic mass is 10.2. The molecule has 0 spiro atoms. The summed E-state index contributed by atoms with van der Waals surface area (Å²) in [7, 11) is 3.32. The van der Waals surface area contributed by atoms with Gasteiger partial charge in [0.1, 0.15) is 0 Å². The molecule has 0 unspecified atom stereocenters. The number of rotatable bonds is 2. The molecule has 0 radical (unpaired) electrons. The Bertz CT molecular complexity index is 388. The molecule has 0 saturated heterocycles. The number of nitrogens with one attached hydrogen (secondary N) is 2. The van der Waals surface area contributed by atoms with Gasteiger partial charge < -0.3 is 15.7 Å². The summed E-state index contributed by atoms with van der Waals surface area (Å²) in [5, 5.41) is 14.6. The Morgan fingerprint density at radius 3 is 2.60 bits per heavy atom. The summed E-state index contributed by atoms with van der Waals surface area (Å²) < 4.78 is 0. The topological polar surface area (TPSA) is 73.7 Å². The van der Waals surface area contributed by atoms with E-state index < -0.39 is 5.97 Å². The Labute approximate surface area is 87.8 Å². The molecule has 3 N–H and O–H groups in total. The average Bonchev–Trinajstić information content (AvgIpc) is 2.26. The van der Waals surface area contributed by atoms with Crippen LogP contribution in [0.3, 0.4) is 0 Å². The Kier molecular flexibility index (Phi) is 3.68. The van der Waals surface area contributed by atoms with Crippen molar-refractivity contribution in [3.05, 3.63) is 29.8 Å². The van der Waals surface area contributed by atoms with Gasteiger partial charge in [-0.05, 0) is 12.1 Å². The van der Waals surface area contributed by atoms with E-state index in [0.29, 0.717) is 11.6 Å². The zero-order valence-electron chi connectivity index (χ0n) is 8.61. The first-order valence-electron chi connectivity index (χ1n) is 4.43. The van der Waals surface area contributed by atoms with E-state index in [1.54, 1.807) is 32.3 Å². The predicted molar refractivity (Wildman–Crippen MR) is 59.4 cm³/mol. The maximum absolute atomic E-state index is 10.9. The minimum absolute atomic E-state index is 0.217. The Morgan fingerprint density at radius 2 is 2.07 bits per heavy atom. The standard InChI is InChI=1S/C10H13N3O2/c1-11-10(12-2)13-8-6-4-3-5-7(8)9(14)15/h3-6H,1-2H3,(H,14,15)(H2,11,12,13). The van der Waals surface area contributed by atoms with Gasteiger partial charge in [0.25, 0.3) is 0 Å². The third kappa shape index (κ3) is 2.70. The fourth-order valence-electron chi connectivity index (χ4n) is 1.14. The summed E-state index contributed by atoms with van der Waals surface area (Å²) in [6.45, 7) is 0. The first-order chi connectivity index (χ1) is 7.19. The average molecular weight is 207 g/mol. The van der Waals surface area contributed by atoms with Gasteiger partial charge in [0.2, 0.25) is 0 Å². The highest BCUT2D eigenvalue weighted by atomic mass is 16.4. The van der Waals surface area contributed by atoms with Crippen LogP contribution in [0.25, 0.3) is 0 Å². The number of hydrogen-bond acceptors (Lipinski definition) is 2. The molecule has 1 rings (SSSR count). The van der Waals surface area contributed by atoms with Gasteiger partial charge in [-0.2, -0.15) is 0 Å². The van der Waals surface area contributed by atoms with E-state index in [0.717, 1.165) is 0 Å². The lowest BCUT2D eigenvalue weighted by Gasteiger charge is -2.10. The van der Waals surface area contributed by atoms with Crippen molar-refractivity contribution in [1.29, 1.82) is 0 Å². The monoisotopic (exact) mass is 207 g/mol. The van der Waals surface area contributed by atoms with Crippen molar-refractivity contribution in [3.63, 3.8) is 0 Å². The van der Waals surface area contributed by atoms with Crippen molar-refractivity contribution in [3.8, 4) is 0 Å². The van der Waals surface area contributed by atoms with E-state index in [1.165, 1.54) is 6.07 Å². The zero-order chi connectivity index (χ0) is 11.3. The number of aliphatic imine (C=N–C) groups is 1. The van der Waals surface area contributed by atoms with Crippen LogP contribution >= 0.6 is 0 Å². The van der Waals surface area contributed by atoms with Crippen LogP contribution in [-0.4, -0.2) is 31.1 Å². The molecule has 5 nitrogen and oxygen atoms in total. The van der Waals surface area contributed by atoms with Crippen molar-refractivity contribution in [1.82, 2.24) is 5.32 Å². The van der Waals surface area contributed by atoms with Gasteiger partial charge >= 0.3 is 5.97 Å². The minimum atomic E-state index is -0.968. The molecule has 1 aromatic rings. The summed E-state index contributed by atoms with van der Waals surface area (Å²) in [5.74, 6) is -0.451. The second kappa shape index (κ2) is 4.99. The molecule has 15 heavy (non-hydrogen) atoms. The third-order valence-corrected chi connectivity index (χ3v) is 1.87. The van der Waals surface area contributed by atoms with Crippen LogP contribution in [0.15, 0.2) is 29.3 Å². The largest absolute Gasteiger partial charge is 0.478 e. The first-order valence-corrected chi connectivity index (χ1v) is 4.43. The van der Waals surface area contributed by atoms with E-state index >= 15 is 0 Å². The molecule has 0 amide bonds. The van der Waals surface area contributed by atoms with E-state index in [1.807, 2.05) is 0 Å². The molecule has 0 aliphatic heterocycles.